The van der Waals surface area contributed by atoms with E-state index in [1.807, 2.05) is 12.1 Å². The first-order chi connectivity index (χ1) is 11.3. The van der Waals surface area contributed by atoms with E-state index < -0.39 is 0 Å². The summed E-state index contributed by atoms with van der Waals surface area (Å²) in [5.74, 6) is 2.77. The summed E-state index contributed by atoms with van der Waals surface area (Å²) in [6.45, 7) is 1.76. The topological polar surface area (TPSA) is 74.8 Å². The van der Waals surface area contributed by atoms with E-state index in [9.17, 15) is 4.79 Å². The molecule has 0 radical (unpaired) electrons. The second-order valence-corrected chi connectivity index (χ2v) is 6.61. The number of H-pyrrole nitrogens is 1. The van der Waals surface area contributed by atoms with Crippen LogP contribution in [0.25, 0.3) is 11.4 Å². The van der Waals surface area contributed by atoms with Gasteiger partial charge in [0.15, 0.2) is 5.82 Å². The number of nitrogens with one attached hydrogen (secondary N) is 1. The number of hydrogen-bond acceptors (Lipinski definition) is 4. The summed E-state index contributed by atoms with van der Waals surface area (Å²) >= 11 is 0. The van der Waals surface area contributed by atoms with Crippen molar-refractivity contribution in [1.29, 1.82) is 0 Å². The van der Waals surface area contributed by atoms with Gasteiger partial charge < -0.3 is 4.90 Å². The molecule has 3 heterocycles. The van der Waals surface area contributed by atoms with Crippen molar-refractivity contribution in [1.82, 2.24) is 25.1 Å². The molecule has 6 heteroatoms. The number of carbonyl (C=O) groups excluding carboxylic acids is 1. The van der Waals surface area contributed by atoms with E-state index in [2.05, 4.69) is 25.1 Å². The van der Waals surface area contributed by atoms with Crippen LogP contribution < -0.4 is 0 Å². The molecule has 2 aromatic rings. The van der Waals surface area contributed by atoms with Crippen LogP contribution in [0.5, 0.6) is 0 Å². The number of likely N-dealkylation sites (tertiary alicyclic amines) is 1. The van der Waals surface area contributed by atoms with E-state index in [4.69, 9.17) is 0 Å². The van der Waals surface area contributed by atoms with Gasteiger partial charge in [0.25, 0.3) is 0 Å². The third-order valence-corrected chi connectivity index (χ3v) is 5.00. The van der Waals surface area contributed by atoms with Crippen molar-refractivity contribution in [2.24, 2.45) is 11.8 Å². The second-order valence-electron chi connectivity index (χ2n) is 6.61. The van der Waals surface area contributed by atoms with Crippen LogP contribution in [0.1, 0.15) is 31.5 Å². The average Bonchev–Trinajstić information content (AvgIpc) is 3.16. The zero-order valence-corrected chi connectivity index (χ0v) is 13.1. The highest BCUT2D eigenvalue weighted by molar-refractivity contribution is 5.79. The lowest BCUT2D eigenvalue weighted by molar-refractivity contribution is -0.137. The van der Waals surface area contributed by atoms with E-state index in [0.29, 0.717) is 23.6 Å². The molecule has 23 heavy (non-hydrogen) atoms. The highest BCUT2D eigenvalue weighted by Crippen LogP contribution is 2.31. The molecule has 1 saturated heterocycles. The van der Waals surface area contributed by atoms with Gasteiger partial charge in [-0.3, -0.25) is 14.9 Å². The van der Waals surface area contributed by atoms with Gasteiger partial charge in [0.2, 0.25) is 5.91 Å². The Morgan fingerprint density at radius 3 is 2.83 bits per heavy atom. The first-order valence-electron chi connectivity index (χ1n) is 8.40. The quantitative estimate of drug-likeness (QED) is 0.938. The van der Waals surface area contributed by atoms with Crippen LogP contribution in [0.3, 0.4) is 0 Å². The molecule has 0 aromatic carbocycles. The molecular formula is C17H21N5O. The Bertz CT molecular complexity index is 679. The maximum absolute atomic E-state index is 12.3. The highest BCUT2D eigenvalue weighted by atomic mass is 16.2. The minimum Gasteiger partial charge on any atom is -0.342 e. The lowest BCUT2D eigenvalue weighted by Crippen LogP contribution is -2.37. The summed E-state index contributed by atoms with van der Waals surface area (Å²) in [5.41, 5.74) is 0.968. The van der Waals surface area contributed by atoms with Crippen molar-refractivity contribution >= 4 is 5.91 Å². The lowest BCUT2D eigenvalue weighted by atomic mass is 9.84. The third-order valence-electron chi connectivity index (χ3n) is 5.00. The van der Waals surface area contributed by atoms with Crippen molar-refractivity contribution in [3.05, 3.63) is 30.4 Å². The molecule has 1 atom stereocenters. The molecule has 2 aromatic heterocycles. The van der Waals surface area contributed by atoms with Crippen LogP contribution in [0.4, 0.5) is 0 Å². The maximum Gasteiger partial charge on any atom is 0.225 e. The molecule has 1 unspecified atom stereocenters. The molecule has 2 fully saturated rings. The fourth-order valence-electron chi connectivity index (χ4n) is 3.40. The predicted octanol–water partition coefficient (Wildman–Crippen LogP) is 2.06. The van der Waals surface area contributed by atoms with Gasteiger partial charge in [-0.25, -0.2) is 4.98 Å². The molecular weight excluding hydrogens is 290 g/mol. The lowest BCUT2D eigenvalue weighted by Gasteiger charge is -2.29. The third kappa shape index (κ3) is 2.98. The first kappa shape index (κ1) is 14.4. The molecule has 0 bridgehead atoms. The minimum atomic E-state index is 0.303. The summed E-state index contributed by atoms with van der Waals surface area (Å²) in [7, 11) is 0. The Labute approximate surface area is 135 Å². The number of nitrogens with zero attached hydrogens (tertiary/aromatic N) is 4. The van der Waals surface area contributed by atoms with E-state index >= 15 is 0 Å². The highest BCUT2D eigenvalue weighted by Gasteiger charge is 2.33. The molecule has 1 aliphatic heterocycles. The molecule has 1 aliphatic carbocycles. The van der Waals surface area contributed by atoms with E-state index in [1.54, 1.807) is 12.4 Å². The Kier molecular flexibility index (Phi) is 3.81. The van der Waals surface area contributed by atoms with Gasteiger partial charge in [0, 0.05) is 43.4 Å². The van der Waals surface area contributed by atoms with E-state index in [0.717, 1.165) is 50.2 Å². The Hall–Kier alpha value is -2.24. The molecule has 6 nitrogen and oxygen atoms in total. The van der Waals surface area contributed by atoms with Crippen LogP contribution in [0, 0.1) is 11.8 Å². The fourth-order valence-corrected chi connectivity index (χ4v) is 3.40. The summed E-state index contributed by atoms with van der Waals surface area (Å²) in [5, 5.41) is 7.32. The average molecular weight is 311 g/mol. The predicted molar refractivity (Wildman–Crippen MR) is 85.3 cm³/mol. The van der Waals surface area contributed by atoms with Gasteiger partial charge in [0.05, 0.1) is 0 Å². The number of hydrogen-bond donors (Lipinski definition) is 1. The Morgan fingerprint density at radius 1 is 1.26 bits per heavy atom. The van der Waals surface area contributed by atoms with Crippen LogP contribution in [0.2, 0.25) is 0 Å². The van der Waals surface area contributed by atoms with Gasteiger partial charge in [-0.15, -0.1) is 0 Å². The maximum atomic E-state index is 12.3. The molecule has 1 N–H and O–H groups in total. The van der Waals surface area contributed by atoms with Gasteiger partial charge in [-0.1, -0.05) is 6.42 Å². The summed E-state index contributed by atoms with van der Waals surface area (Å²) in [4.78, 5) is 22.9. The molecule has 1 amide bonds. The summed E-state index contributed by atoms with van der Waals surface area (Å²) in [6.07, 6.45) is 8.77. The zero-order valence-electron chi connectivity index (χ0n) is 13.1. The molecule has 4 rings (SSSR count). The summed E-state index contributed by atoms with van der Waals surface area (Å²) < 4.78 is 0. The largest absolute Gasteiger partial charge is 0.342 e. The second kappa shape index (κ2) is 6.10. The van der Waals surface area contributed by atoms with Crippen molar-refractivity contribution in [3.63, 3.8) is 0 Å². The molecule has 120 valence electrons. The summed E-state index contributed by atoms with van der Waals surface area (Å²) in [6, 6.07) is 3.81. The van der Waals surface area contributed by atoms with Gasteiger partial charge >= 0.3 is 0 Å². The van der Waals surface area contributed by atoms with Crippen molar-refractivity contribution < 1.29 is 4.79 Å². The van der Waals surface area contributed by atoms with Crippen molar-refractivity contribution in [2.45, 2.75) is 32.1 Å². The van der Waals surface area contributed by atoms with Gasteiger partial charge in [-0.05, 0) is 37.3 Å². The van der Waals surface area contributed by atoms with Crippen LogP contribution >= 0.6 is 0 Å². The SMILES string of the molecule is O=C(C1CCC1)N1CCC(Cc2nc(-c3ccncc3)n[nH]2)C1. The fraction of sp³-hybridized carbons (Fsp3) is 0.529. The minimum absolute atomic E-state index is 0.303. The first-order valence-corrected chi connectivity index (χ1v) is 8.40. The molecule has 1 saturated carbocycles. The Balaban J connectivity index is 1.36. The van der Waals surface area contributed by atoms with Gasteiger partial charge in [0.1, 0.15) is 5.82 Å². The molecule has 2 aliphatic rings. The number of rotatable bonds is 4. The van der Waals surface area contributed by atoms with Gasteiger partial charge in [-0.2, -0.15) is 5.10 Å². The zero-order chi connectivity index (χ0) is 15.6. The number of aromatic amines is 1. The number of amides is 1. The van der Waals surface area contributed by atoms with Crippen LogP contribution in [-0.4, -0.2) is 44.1 Å². The normalized spacial score (nSPS) is 21.4. The smallest absolute Gasteiger partial charge is 0.225 e. The number of pyridine rings is 1. The van der Waals surface area contributed by atoms with Crippen molar-refractivity contribution in [3.8, 4) is 11.4 Å². The van der Waals surface area contributed by atoms with Crippen LogP contribution in [0.15, 0.2) is 24.5 Å². The van der Waals surface area contributed by atoms with E-state index in [1.165, 1.54) is 6.42 Å². The Morgan fingerprint density at radius 2 is 2.09 bits per heavy atom. The number of carbonyl (C=O) groups is 1. The standard InChI is InChI=1S/C17H21N5O/c23-17(14-2-1-3-14)22-9-6-12(11-22)10-15-19-16(21-20-15)13-4-7-18-8-5-13/h4-5,7-8,12,14H,1-3,6,9-11H2,(H,19,20,21). The molecule has 0 spiro atoms. The monoisotopic (exact) mass is 311 g/mol. The number of aromatic nitrogens is 4. The van der Waals surface area contributed by atoms with E-state index in [-0.39, 0.29) is 0 Å². The van der Waals surface area contributed by atoms with Crippen LogP contribution in [-0.2, 0) is 11.2 Å². The van der Waals surface area contributed by atoms with Crippen molar-refractivity contribution in [2.75, 3.05) is 13.1 Å².